The Morgan fingerprint density at radius 3 is 2.36 bits per heavy atom. The Morgan fingerprint density at radius 2 is 1.72 bits per heavy atom. The minimum atomic E-state index is -0.684. The molecule has 1 aliphatic rings. The van der Waals surface area contributed by atoms with Crippen LogP contribution in [0.15, 0.2) is 66.7 Å². The molecule has 0 heterocycles. The van der Waals surface area contributed by atoms with Gasteiger partial charge in [-0.3, -0.25) is 0 Å². The van der Waals surface area contributed by atoms with Crippen LogP contribution in [0.1, 0.15) is 36.3 Å². The average molecular weight is 335 g/mol. The lowest BCUT2D eigenvalue weighted by Crippen LogP contribution is -2.43. The van der Waals surface area contributed by atoms with Crippen molar-refractivity contribution in [2.45, 2.75) is 30.8 Å². The fraction of sp³-hybridized carbons (Fsp3) is 0.391. The lowest BCUT2D eigenvalue weighted by molar-refractivity contribution is -0.0187. The first-order valence-electron chi connectivity index (χ1n) is 9.25. The van der Waals surface area contributed by atoms with Crippen molar-refractivity contribution in [3.05, 3.63) is 77.9 Å². The molecule has 0 aliphatic heterocycles. The summed E-state index contributed by atoms with van der Waals surface area (Å²) in [4.78, 5) is 2.20. The molecule has 0 saturated heterocycles. The molecule has 2 nitrogen and oxygen atoms in total. The van der Waals surface area contributed by atoms with E-state index >= 15 is 0 Å². The molecular weight excluding hydrogens is 306 g/mol. The highest BCUT2D eigenvalue weighted by Crippen LogP contribution is 2.46. The largest absolute Gasteiger partial charge is 0.389 e. The second-order valence-corrected chi connectivity index (χ2v) is 7.50. The Labute approximate surface area is 151 Å². The van der Waals surface area contributed by atoms with Gasteiger partial charge in [-0.25, -0.2) is 0 Å². The predicted molar refractivity (Wildman–Crippen MR) is 106 cm³/mol. The second kappa shape index (κ2) is 7.99. The van der Waals surface area contributed by atoms with Gasteiger partial charge in [0.25, 0.3) is 0 Å². The molecule has 132 valence electrons. The predicted octanol–water partition coefficient (Wildman–Crippen LogP) is 4.58. The lowest BCUT2D eigenvalue weighted by atomic mass is 9.75. The summed E-state index contributed by atoms with van der Waals surface area (Å²) >= 11 is 0. The van der Waals surface area contributed by atoms with Gasteiger partial charge in [0.15, 0.2) is 0 Å². The quantitative estimate of drug-likeness (QED) is 0.835. The summed E-state index contributed by atoms with van der Waals surface area (Å²) < 4.78 is 0. The summed E-state index contributed by atoms with van der Waals surface area (Å²) in [5.41, 5.74) is 1.69. The number of hydrogen-bond donors (Lipinski definition) is 1. The van der Waals surface area contributed by atoms with E-state index in [9.17, 15) is 5.11 Å². The molecule has 0 bridgehead atoms. The van der Waals surface area contributed by atoms with Crippen molar-refractivity contribution in [2.75, 3.05) is 20.6 Å². The van der Waals surface area contributed by atoms with E-state index in [1.165, 1.54) is 11.1 Å². The van der Waals surface area contributed by atoms with Gasteiger partial charge in [-0.15, -0.1) is 0 Å². The number of nitrogens with zero attached hydrogens (tertiary/aromatic N) is 1. The molecule has 3 rings (SSSR count). The van der Waals surface area contributed by atoms with E-state index in [1.807, 2.05) is 12.1 Å². The van der Waals surface area contributed by atoms with Gasteiger partial charge < -0.3 is 10.0 Å². The maximum atomic E-state index is 11.7. The molecule has 0 radical (unpaired) electrons. The fourth-order valence-corrected chi connectivity index (χ4v) is 4.18. The molecule has 3 atom stereocenters. The summed E-state index contributed by atoms with van der Waals surface area (Å²) in [6, 6.07) is 20.8. The van der Waals surface area contributed by atoms with Gasteiger partial charge in [-0.05, 0) is 38.1 Å². The van der Waals surface area contributed by atoms with Crippen LogP contribution in [0.4, 0.5) is 0 Å². The van der Waals surface area contributed by atoms with E-state index in [-0.39, 0.29) is 5.92 Å². The Kier molecular flexibility index (Phi) is 5.72. The Bertz CT molecular complexity index is 680. The van der Waals surface area contributed by atoms with Crippen LogP contribution in [0.5, 0.6) is 0 Å². The molecule has 1 aliphatic carbocycles. The van der Waals surface area contributed by atoms with Crippen LogP contribution in [-0.4, -0.2) is 36.2 Å². The van der Waals surface area contributed by atoms with Crippen LogP contribution in [0.2, 0.25) is 0 Å². The van der Waals surface area contributed by atoms with Crippen molar-refractivity contribution in [3.63, 3.8) is 0 Å². The molecule has 0 aromatic heterocycles. The molecule has 1 saturated carbocycles. The van der Waals surface area contributed by atoms with Crippen LogP contribution in [-0.2, 0) is 0 Å². The summed E-state index contributed by atoms with van der Waals surface area (Å²) in [6.45, 7) is 0.930. The summed E-state index contributed by atoms with van der Waals surface area (Å²) in [5.74, 6) is 0.314. The van der Waals surface area contributed by atoms with Gasteiger partial charge in [0.2, 0.25) is 0 Å². The zero-order valence-electron chi connectivity index (χ0n) is 15.3. The minimum Gasteiger partial charge on any atom is -0.389 e. The van der Waals surface area contributed by atoms with E-state index in [4.69, 9.17) is 0 Å². The Balaban J connectivity index is 1.95. The number of benzene rings is 2. The molecule has 0 amide bonds. The maximum absolute atomic E-state index is 11.7. The topological polar surface area (TPSA) is 23.5 Å². The smallest absolute Gasteiger partial charge is 0.0790 e. The first-order valence-corrected chi connectivity index (χ1v) is 9.25. The van der Waals surface area contributed by atoms with Gasteiger partial charge >= 0.3 is 0 Å². The third-order valence-electron chi connectivity index (χ3n) is 5.40. The van der Waals surface area contributed by atoms with Gasteiger partial charge in [-0.2, -0.15) is 0 Å². The summed E-state index contributed by atoms with van der Waals surface area (Å²) in [6.07, 6.45) is 7.41. The van der Waals surface area contributed by atoms with Crippen molar-refractivity contribution in [3.8, 4) is 0 Å². The minimum absolute atomic E-state index is 0.0151. The maximum Gasteiger partial charge on any atom is 0.0790 e. The van der Waals surface area contributed by atoms with Gasteiger partial charge in [0.05, 0.1) is 5.60 Å². The van der Waals surface area contributed by atoms with Crippen molar-refractivity contribution >= 4 is 6.08 Å². The Hall–Kier alpha value is -1.90. The van der Waals surface area contributed by atoms with Crippen LogP contribution >= 0.6 is 0 Å². The van der Waals surface area contributed by atoms with Crippen LogP contribution in [0, 0.1) is 5.92 Å². The summed E-state index contributed by atoms with van der Waals surface area (Å²) in [5, 5.41) is 11.7. The van der Waals surface area contributed by atoms with E-state index in [2.05, 4.69) is 79.7 Å². The van der Waals surface area contributed by atoms with Crippen LogP contribution in [0.25, 0.3) is 6.08 Å². The number of rotatable bonds is 6. The SMILES string of the molecule is CN(C)CC1CCCC1(O)C(C=Cc1ccccc1)c1ccccc1. The molecule has 1 N–H and O–H groups in total. The monoisotopic (exact) mass is 335 g/mol. The molecule has 2 aromatic carbocycles. The van der Waals surface area contributed by atoms with Gasteiger partial charge in [0, 0.05) is 18.4 Å². The zero-order chi connectivity index (χ0) is 17.7. The second-order valence-electron chi connectivity index (χ2n) is 7.50. The van der Waals surface area contributed by atoms with Crippen LogP contribution in [0.3, 0.4) is 0 Å². The highest BCUT2D eigenvalue weighted by molar-refractivity contribution is 5.51. The van der Waals surface area contributed by atoms with Crippen LogP contribution < -0.4 is 0 Å². The van der Waals surface area contributed by atoms with E-state index in [1.54, 1.807) is 0 Å². The molecule has 25 heavy (non-hydrogen) atoms. The molecule has 2 aromatic rings. The average Bonchev–Trinajstić information content (AvgIpc) is 2.97. The molecule has 1 fully saturated rings. The molecule has 0 spiro atoms. The van der Waals surface area contributed by atoms with E-state index < -0.39 is 5.60 Å². The first-order chi connectivity index (χ1) is 12.1. The van der Waals surface area contributed by atoms with Gasteiger partial charge in [0.1, 0.15) is 0 Å². The van der Waals surface area contributed by atoms with Crippen molar-refractivity contribution in [2.24, 2.45) is 5.92 Å². The fourth-order valence-electron chi connectivity index (χ4n) is 4.18. The highest BCUT2D eigenvalue weighted by atomic mass is 16.3. The number of aliphatic hydroxyl groups is 1. The van der Waals surface area contributed by atoms with Gasteiger partial charge in [-0.1, -0.05) is 79.2 Å². The molecule has 3 unspecified atom stereocenters. The summed E-state index contributed by atoms with van der Waals surface area (Å²) in [7, 11) is 4.19. The molecular formula is C23H29NO. The zero-order valence-corrected chi connectivity index (χ0v) is 15.3. The standard InChI is InChI=1S/C23H29NO/c1-24(2)18-21-14-9-17-23(21,25)22(20-12-7-4-8-13-20)16-15-19-10-5-3-6-11-19/h3-8,10-13,15-16,21-22,25H,9,14,17-18H2,1-2H3. The number of hydrogen-bond acceptors (Lipinski definition) is 2. The lowest BCUT2D eigenvalue weighted by Gasteiger charge is -2.38. The normalized spacial score (nSPS) is 24.9. The van der Waals surface area contributed by atoms with E-state index in [0.717, 1.165) is 25.8 Å². The third-order valence-corrected chi connectivity index (χ3v) is 5.40. The Morgan fingerprint density at radius 1 is 1.08 bits per heavy atom. The molecule has 2 heteroatoms. The van der Waals surface area contributed by atoms with E-state index in [0.29, 0.717) is 5.92 Å². The first kappa shape index (κ1) is 17.9. The highest BCUT2D eigenvalue weighted by Gasteiger charge is 2.46. The third kappa shape index (κ3) is 4.20. The van der Waals surface area contributed by atoms with Crippen molar-refractivity contribution < 1.29 is 5.11 Å². The van der Waals surface area contributed by atoms with Crippen molar-refractivity contribution in [1.82, 2.24) is 4.90 Å². The van der Waals surface area contributed by atoms with Crippen molar-refractivity contribution in [1.29, 1.82) is 0 Å².